The summed E-state index contributed by atoms with van der Waals surface area (Å²) in [7, 11) is 0. The molecule has 5 rings (SSSR count). The van der Waals surface area contributed by atoms with E-state index < -0.39 is 0 Å². The van der Waals surface area contributed by atoms with E-state index in [9.17, 15) is 4.79 Å². The van der Waals surface area contributed by atoms with Crippen LogP contribution >= 0.6 is 0 Å². The predicted octanol–water partition coefficient (Wildman–Crippen LogP) is 2.04. The number of pyridine rings is 1. The van der Waals surface area contributed by atoms with Gasteiger partial charge in [0.05, 0.1) is 24.0 Å². The summed E-state index contributed by atoms with van der Waals surface area (Å²) in [6, 6.07) is 4.13. The molecule has 2 unspecified atom stereocenters. The fourth-order valence-corrected chi connectivity index (χ4v) is 4.54. The number of hydrogen-bond donors (Lipinski definition) is 0. The van der Waals surface area contributed by atoms with E-state index in [1.807, 2.05) is 44.7 Å². The van der Waals surface area contributed by atoms with Crippen molar-refractivity contribution in [1.82, 2.24) is 34.8 Å². The number of carbonyl (C=O) groups is 1. The SMILES string of the molecule is Cc1cc(C)nc(N2CC3CCN(C(=O)c4cc(C)c(C)nc4-n4nccn4)CC32)n1. The van der Waals surface area contributed by atoms with E-state index in [4.69, 9.17) is 0 Å². The summed E-state index contributed by atoms with van der Waals surface area (Å²) >= 11 is 0. The predicted molar refractivity (Wildman–Crippen MR) is 115 cm³/mol. The van der Waals surface area contributed by atoms with Gasteiger partial charge < -0.3 is 9.80 Å². The van der Waals surface area contributed by atoms with Crippen LogP contribution < -0.4 is 4.90 Å². The highest BCUT2D eigenvalue weighted by molar-refractivity contribution is 5.97. The van der Waals surface area contributed by atoms with E-state index in [1.54, 1.807) is 12.4 Å². The van der Waals surface area contributed by atoms with Crippen molar-refractivity contribution in [2.24, 2.45) is 5.92 Å². The third kappa shape index (κ3) is 3.43. The van der Waals surface area contributed by atoms with Crippen molar-refractivity contribution in [3.63, 3.8) is 0 Å². The van der Waals surface area contributed by atoms with Crippen LogP contribution in [-0.2, 0) is 0 Å². The molecule has 9 nitrogen and oxygen atoms in total. The van der Waals surface area contributed by atoms with Crippen molar-refractivity contribution in [2.45, 2.75) is 40.2 Å². The van der Waals surface area contributed by atoms with Crippen molar-refractivity contribution < 1.29 is 4.79 Å². The summed E-state index contributed by atoms with van der Waals surface area (Å²) in [5, 5.41) is 8.40. The van der Waals surface area contributed by atoms with Crippen molar-refractivity contribution in [1.29, 1.82) is 0 Å². The van der Waals surface area contributed by atoms with Crippen LogP contribution in [0.3, 0.4) is 0 Å². The molecule has 0 aromatic carbocycles. The van der Waals surface area contributed by atoms with Crippen molar-refractivity contribution >= 4 is 11.9 Å². The van der Waals surface area contributed by atoms with E-state index in [-0.39, 0.29) is 11.9 Å². The number of hydrogen-bond acceptors (Lipinski definition) is 7. The fourth-order valence-electron chi connectivity index (χ4n) is 4.54. The molecule has 2 aliphatic rings. The first-order chi connectivity index (χ1) is 14.9. The monoisotopic (exact) mass is 418 g/mol. The summed E-state index contributed by atoms with van der Waals surface area (Å²) in [6.07, 6.45) is 4.16. The minimum Gasteiger partial charge on any atom is -0.336 e. The Hall–Kier alpha value is -3.36. The van der Waals surface area contributed by atoms with Gasteiger partial charge in [0.1, 0.15) is 0 Å². The summed E-state index contributed by atoms with van der Waals surface area (Å²) < 4.78 is 0. The third-order valence-corrected chi connectivity index (χ3v) is 6.35. The largest absolute Gasteiger partial charge is 0.336 e. The number of piperidine rings is 1. The summed E-state index contributed by atoms with van der Waals surface area (Å²) in [6.45, 7) is 10.2. The van der Waals surface area contributed by atoms with Gasteiger partial charge >= 0.3 is 0 Å². The number of aryl methyl sites for hydroxylation is 4. The first-order valence-electron chi connectivity index (χ1n) is 10.6. The van der Waals surface area contributed by atoms with Gasteiger partial charge in [0, 0.05) is 42.6 Å². The quantitative estimate of drug-likeness (QED) is 0.642. The summed E-state index contributed by atoms with van der Waals surface area (Å²) in [5.74, 6) is 1.78. The van der Waals surface area contributed by atoms with E-state index in [1.165, 1.54) is 4.80 Å². The second-order valence-electron chi connectivity index (χ2n) is 8.55. The Morgan fingerprint density at radius 2 is 1.68 bits per heavy atom. The molecule has 0 bridgehead atoms. The number of amides is 1. The molecule has 5 heterocycles. The molecule has 3 aromatic heterocycles. The van der Waals surface area contributed by atoms with E-state index in [0.717, 1.165) is 48.1 Å². The molecule has 2 aliphatic heterocycles. The number of anilines is 1. The number of rotatable bonds is 3. The maximum atomic E-state index is 13.6. The van der Waals surface area contributed by atoms with Gasteiger partial charge in [-0.1, -0.05) is 0 Å². The summed E-state index contributed by atoms with van der Waals surface area (Å²) in [4.78, 5) is 33.0. The first kappa shape index (κ1) is 19.6. The molecule has 0 radical (unpaired) electrons. The molecule has 9 heteroatoms. The van der Waals surface area contributed by atoms with Crippen molar-refractivity contribution in [2.75, 3.05) is 24.5 Å². The van der Waals surface area contributed by atoms with Gasteiger partial charge in [-0.05, 0) is 51.8 Å². The molecule has 31 heavy (non-hydrogen) atoms. The van der Waals surface area contributed by atoms with E-state index >= 15 is 0 Å². The molecule has 2 atom stereocenters. The minimum atomic E-state index is -0.0328. The topological polar surface area (TPSA) is 92.9 Å². The van der Waals surface area contributed by atoms with Crippen LogP contribution in [0.4, 0.5) is 5.95 Å². The average molecular weight is 419 g/mol. The zero-order valence-corrected chi connectivity index (χ0v) is 18.3. The van der Waals surface area contributed by atoms with Crippen molar-refractivity contribution in [3.8, 4) is 5.82 Å². The molecule has 0 saturated carbocycles. The van der Waals surface area contributed by atoms with Crippen LogP contribution in [0.2, 0.25) is 0 Å². The van der Waals surface area contributed by atoms with Crippen molar-refractivity contribution in [3.05, 3.63) is 52.7 Å². The lowest BCUT2D eigenvalue weighted by atomic mass is 9.82. The van der Waals surface area contributed by atoms with Crippen LogP contribution in [-0.4, -0.2) is 66.4 Å². The Kier molecular flexibility index (Phi) is 4.68. The maximum absolute atomic E-state index is 13.6. The highest BCUT2D eigenvalue weighted by atomic mass is 16.2. The highest BCUT2D eigenvalue weighted by Gasteiger charge is 2.45. The van der Waals surface area contributed by atoms with Crippen LogP contribution in [0.15, 0.2) is 24.5 Å². The summed E-state index contributed by atoms with van der Waals surface area (Å²) in [5.41, 5.74) is 4.30. The molecule has 160 valence electrons. The molecule has 2 fully saturated rings. The maximum Gasteiger partial charge on any atom is 0.257 e. The van der Waals surface area contributed by atoms with Gasteiger partial charge in [-0.2, -0.15) is 10.2 Å². The number of carbonyl (C=O) groups excluding carboxylic acids is 1. The third-order valence-electron chi connectivity index (χ3n) is 6.35. The number of nitrogens with zero attached hydrogens (tertiary/aromatic N) is 8. The Bertz CT molecular complexity index is 1120. The number of fused-ring (bicyclic) bond motifs is 1. The molecule has 0 spiro atoms. The van der Waals surface area contributed by atoms with Crippen LogP contribution in [0.1, 0.15) is 39.4 Å². The number of aromatic nitrogens is 6. The highest BCUT2D eigenvalue weighted by Crippen LogP contribution is 2.35. The zero-order valence-electron chi connectivity index (χ0n) is 18.3. The molecule has 3 aromatic rings. The van der Waals surface area contributed by atoms with Crippen LogP contribution in [0.5, 0.6) is 0 Å². The van der Waals surface area contributed by atoms with Crippen LogP contribution in [0.25, 0.3) is 5.82 Å². The van der Waals surface area contributed by atoms with E-state index in [2.05, 4.69) is 30.0 Å². The number of likely N-dealkylation sites (tertiary alicyclic amines) is 1. The fraction of sp³-hybridized carbons (Fsp3) is 0.455. The smallest absolute Gasteiger partial charge is 0.257 e. The first-order valence-corrected chi connectivity index (χ1v) is 10.6. The Balaban J connectivity index is 1.42. The lowest BCUT2D eigenvalue weighted by molar-refractivity contribution is 0.0588. The van der Waals surface area contributed by atoms with Gasteiger partial charge in [0.25, 0.3) is 5.91 Å². The molecule has 1 amide bonds. The Morgan fingerprint density at radius 3 is 2.39 bits per heavy atom. The van der Waals surface area contributed by atoms with Gasteiger partial charge in [0.15, 0.2) is 5.82 Å². The van der Waals surface area contributed by atoms with Crippen LogP contribution in [0, 0.1) is 33.6 Å². The Labute approximate surface area is 181 Å². The molecule has 2 saturated heterocycles. The van der Waals surface area contributed by atoms with Gasteiger partial charge in [-0.15, -0.1) is 4.80 Å². The molecule has 0 N–H and O–H groups in total. The normalized spacial score (nSPS) is 20.4. The second-order valence-corrected chi connectivity index (χ2v) is 8.55. The molecular weight excluding hydrogens is 392 g/mol. The Morgan fingerprint density at radius 1 is 0.968 bits per heavy atom. The van der Waals surface area contributed by atoms with E-state index in [0.29, 0.717) is 23.8 Å². The van der Waals surface area contributed by atoms with Gasteiger partial charge in [0.2, 0.25) is 5.95 Å². The van der Waals surface area contributed by atoms with Gasteiger partial charge in [-0.25, -0.2) is 15.0 Å². The lowest BCUT2D eigenvalue weighted by Gasteiger charge is -2.53. The average Bonchev–Trinajstić information content (AvgIpc) is 3.24. The standard InChI is InChI=1S/C22H26N8O/c1-13-9-18(20(27-16(13)4)30-23-6-7-24-30)21(31)28-8-5-17-11-29(19(17)12-28)22-25-14(2)10-15(3)26-22/h6-7,9-10,17,19H,5,8,11-12H2,1-4H3. The lowest BCUT2D eigenvalue weighted by Crippen LogP contribution is -2.65. The molecular formula is C22H26N8O. The zero-order chi connectivity index (χ0) is 21.7. The minimum absolute atomic E-state index is 0.0328. The second kappa shape index (κ2) is 7.40. The molecule has 0 aliphatic carbocycles. The van der Waals surface area contributed by atoms with Gasteiger partial charge in [-0.3, -0.25) is 4.79 Å².